The van der Waals surface area contributed by atoms with Gasteiger partial charge in [0.1, 0.15) is 5.75 Å². The lowest BCUT2D eigenvalue weighted by Crippen LogP contribution is -2.30. The smallest absolute Gasteiger partial charge is 0.212 e. The molecule has 6 heteroatoms. The van der Waals surface area contributed by atoms with Gasteiger partial charge in [-0.3, -0.25) is 0 Å². The summed E-state index contributed by atoms with van der Waals surface area (Å²) in [6.07, 6.45) is 0.956. The van der Waals surface area contributed by atoms with Gasteiger partial charge < -0.3 is 10.1 Å². The number of hydrogen-bond donors (Lipinski definition) is 2. The van der Waals surface area contributed by atoms with Crippen molar-refractivity contribution in [1.82, 2.24) is 10.7 Å². The second-order valence-electron chi connectivity index (χ2n) is 4.46. The summed E-state index contributed by atoms with van der Waals surface area (Å²) in [5.41, 5.74) is 4.69. The summed E-state index contributed by atoms with van der Waals surface area (Å²) in [5, 5.41) is 7.97. The molecule has 0 radical (unpaired) electrons. The van der Waals surface area contributed by atoms with Crippen LogP contribution in [0.1, 0.15) is 25.8 Å². The Bertz CT molecular complexity index is 528. The van der Waals surface area contributed by atoms with Crippen LogP contribution in [0, 0.1) is 0 Å². The summed E-state index contributed by atoms with van der Waals surface area (Å²) >= 11 is 6.20. The Morgan fingerprint density at radius 2 is 2.40 bits per heavy atom. The molecule has 0 saturated heterocycles. The van der Waals surface area contributed by atoms with Gasteiger partial charge in [-0.15, -0.1) is 0 Å². The van der Waals surface area contributed by atoms with Gasteiger partial charge in [0, 0.05) is 6.54 Å². The van der Waals surface area contributed by atoms with Crippen LogP contribution in [-0.2, 0) is 0 Å². The van der Waals surface area contributed by atoms with E-state index in [9.17, 15) is 0 Å². The molecule has 0 spiro atoms. The molecule has 0 atom stereocenters. The Hall–Kier alpha value is -1.75. The molecule has 5 nitrogen and oxygen atoms in total. The van der Waals surface area contributed by atoms with E-state index in [1.165, 1.54) is 0 Å². The highest BCUT2D eigenvalue weighted by molar-refractivity contribution is 6.32. The van der Waals surface area contributed by atoms with Crippen molar-refractivity contribution in [2.24, 2.45) is 10.1 Å². The van der Waals surface area contributed by atoms with Crippen molar-refractivity contribution >= 4 is 23.3 Å². The van der Waals surface area contributed by atoms with E-state index in [2.05, 4.69) is 27.8 Å². The van der Waals surface area contributed by atoms with Crippen LogP contribution in [0.25, 0.3) is 0 Å². The predicted octanol–water partition coefficient (Wildman–Crippen LogP) is 2.40. The second kappa shape index (κ2) is 7.14. The number of aliphatic imine (C=N–C) groups is 1. The van der Waals surface area contributed by atoms with Gasteiger partial charge in [-0.25, -0.2) is 10.4 Å². The minimum absolute atomic E-state index is 0.599. The van der Waals surface area contributed by atoms with Gasteiger partial charge >= 0.3 is 0 Å². The molecule has 108 valence electrons. The second-order valence-corrected chi connectivity index (χ2v) is 4.87. The minimum Gasteiger partial charge on any atom is -0.492 e. The molecule has 0 aliphatic carbocycles. The maximum Gasteiger partial charge on any atom is 0.212 e. The number of hydrazone groups is 1. The van der Waals surface area contributed by atoms with E-state index < -0.39 is 0 Å². The van der Waals surface area contributed by atoms with Gasteiger partial charge in [-0.05, 0) is 37.1 Å². The first kappa shape index (κ1) is 14.7. The Kier molecular flexibility index (Phi) is 5.24. The third-order valence-corrected chi connectivity index (χ3v) is 3.11. The van der Waals surface area contributed by atoms with E-state index in [1.807, 2.05) is 25.1 Å². The number of benzene rings is 1. The van der Waals surface area contributed by atoms with Crippen molar-refractivity contribution in [3.8, 4) is 5.75 Å². The monoisotopic (exact) mass is 294 g/mol. The van der Waals surface area contributed by atoms with Crippen LogP contribution in [0.15, 0.2) is 28.3 Å². The fraction of sp³-hybridized carbons (Fsp3) is 0.429. The van der Waals surface area contributed by atoms with Crippen LogP contribution in [0.4, 0.5) is 0 Å². The quantitative estimate of drug-likeness (QED) is 0.648. The first-order valence-corrected chi connectivity index (χ1v) is 7.10. The third-order valence-electron chi connectivity index (χ3n) is 2.82. The molecule has 1 heterocycles. The lowest BCUT2D eigenvalue weighted by molar-refractivity contribution is 0.317. The van der Waals surface area contributed by atoms with Crippen molar-refractivity contribution in [3.63, 3.8) is 0 Å². The number of rotatable bonds is 5. The van der Waals surface area contributed by atoms with Crippen molar-refractivity contribution in [2.45, 2.75) is 20.3 Å². The van der Waals surface area contributed by atoms with Gasteiger partial charge in [0.05, 0.1) is 23.9 Å². The topological polar surface area (TPSA) is 58.0 Å². The Morgan fingerprint density at radius 1 is 1.55 bits per heavy atom. The zero-order valence-corrected chi connectivity index (χ0v) is 12.5. The van der Waals surface area contributed by atoms with Gasteiger partial charge in [0.25, 0.3) is 0 Å². The van der Waals surface area contributed by atoms with E-state index >= 15 is 0 Å². The third kappa shape index (κ3) is 3.87. The van der Waals surface area contributed by atoms with Crippen LogP contribution >= 0.6 is 11.6 Å². The summed E-state index contributed by atoms with van der Waals surface area (Å²) in [5.74, 6) is 1.42. The Morgan fingerprint density at radius 3 is 3.05 bits per heavy atom. The molecule has 1 aliphatic heterocycles. The standard InChI is InChI=1S/C14H19ClN4O/c1-3-8-20-13-5-4-11(9-12(13)15)10(2)18-19-14-16-6-7-17-14/h4-5,9H,3,6-8H2,1-2H3,(H2,16,17,19)/b18-10+. The van der Waals surface area contributed by atoms with Crippen LogP contribution in [0.2, 0.25) is 5.02 Å². The predicted molar refractivity (Wildman–Crippen MR) is 82.9 cm³/mol. The summed E-state index contributed by atoms with van der Waals surface area (Å²) in [6, 6.07) is 5.68. The molecular weight excluding hydrogens is 276 g/mol. The number of nitrogens with zero attached hydrogens (tertiary/aromatic N) is 2. The van der Waals surface area contributed by atoms with E-state index in [4.69, 9.17) is 16.3 Å². The molecule has 0 unspecified atom stereocenters. The lowest BCUT2D eigenvalue weighted by atomic mass is 10.1. The maximum absolute atomic E-state index is 6.20. The molecule has 0 amide bonds. The largest absolute Gasteiger partial charge is 0.492 e. The summed E-state index contributed by atoms with van der Waals surface area (Å²) < 4.78 is 5.55. The molecular formula is C14H19ClN4O. The summed E-state index contributed by atoms with van der Waals surface area (Å²) in [6.45, 7) is 6.28. The first-order chi connectivity index (χ1) is 9.70. The summed E-state index contributed by atoms with van der Waals surface area (Å²) in [4.78, 5) is 4.21. The molecule has 20 heavy (non-hydrogen) atoms. The molecule has 1 aromatic carbocycles. The van der Waals surface area contributed by atoms with Crippen LogP contribution in [0.3, 0.4) is 0 Å². The molecule has 0 saturated carbocycles. The molecule has 1 aliphatic rings. The van der Waals surface area contributed by atoms with E-state index in [-0.39, 0.29) is 0 Å². The van der Waals surface area contributed by atoms with E-state index in [0.717, 1.165) is 30.8 Å². The van der Waals surface area contributed by atoms with Crippen molar-refractivity contribution < 1.29 is 4.74 Å². The Balaban J connectivity index is 2.04. The average Bonchev–Trinajstić information content (AvgIpc) is 2.96. The fourth-order valence-corrected chi connectivity index (χ4v) is 1.96. The van der Waals surface area contributed by atoms with E-state index in [1.54, 1.807) is 0 Å². The zero-order chi connectivity index (χ0) is 14.4. The fourth-order valence-electron chi connectivity index (χ4n) is 1.73. The highest BCUT2D eigenvalue weighted by atomic mass is 35.5. The maximum atomic E-state index is 6.20. The van der Waals surface area contributed by atoms with Gasteiger partial charge in [-0.2, -0.15) is 5.10 Å². The molecule has 2 N–H and O–H groups in total. The summed E-state index contributed by atoms with van der Waals surface area (Å²) in [7, 11) is 0. The lowest BCUT2D eigenvalue weighted by Gasteiger charge is -2.09. The number of nitrogens with one attached hydrogen (secondary N) is 2. The number of ether oxygens (including phenoxy) is 1. The number of hydrogen-bond acceptors (Lipinski definition) is 5. The normalized spacial score (nSPS) is 14.8. The van der Waals surface area contributed by atoms with Gasteiger partial charge in [0.2, 0.25) is 5.96 Å². The highest BCUT2D eigenvalue weighted by Crippen LogP contribution is 2.25. The van der Waals surface area contributed by atoms with Crippen molar-refractivity contribution in [3.05, 3.63) is 28.8 Å². The Labute approximate surface area is 124 Å². The molecule has 0 aromatic heterocycles. The zero-order valence-electron chi connectivity index (χ0n) is 11.7. The SMILES string of the molecule is CCCOc1ccc(/C(C)=N/NC2=NCCN2)cc1Cl. The highest BCUT2D eigenvalue weighted by Gasteiger charge is 2.06. The molecule has 0 bridgehead atoms. The van der Waals surface area contributed by atoms with Gasteiger partial charge in [-0.1, -0.05) is 18.5 Å². The van der Waals surface area contributed by atoms with Crippen molar-refractivity contribution in [2.75, 3.05) is 19.7 Å². The number of guanidine groups is 1. The first-order valence-electron chi connectivity index (χ1n) is 6.72. The minimum atomic E-state index is 0.599. The van der Waals surface area contributed by atoms with Crippen LogP contribution in [-0.4, -0.2) is 31.4 Å². The average molecular weight is 295 g/mol. The van der Waals surface area contributed by atoms with Crippen molar-refractivity contribution in [1.29, 1.82) is 0 Å². The number of halogens is 1. The molecule has 1 aromatic rings. The van der Waals surface area contributed by atoms with Gasteiger partial charge in [0.15, 0.2) is 0 Å². The molecule has 2 rings (SSSR count). The molecule has 0 fully saturated rings. The van der Waals surface area contributed by atoms with E-state index in [0.29, 0.717) is 23.3 Å². The van der Waals surface area contributed by atoms with Crippen LogP contribution < -0.4 is 15.5 Å². The van der Waals surface area contributed by atoms with Crippen LogP contribution in [0.5, 0.6) is 5.75 Å².